The van der Waals surface area contributed by atoms with E-state index in [0.717, 1.165) is 11.8 Å². The fraction of sp³-hybridized carbons (Fsp3) is 0.118. The third kappa shape index (κ3) is 4.09. The molecule has 134 valence electrons. The largest absolute Gasteiger partial charge is 0.490 e. The number of rotatable bonds is 5. The molecule has 3 rings (SSSR count). The number of ether oxygens (including phenoxy) is 2. The normalized spacial score (nSPS) is 15.2. The van der Waals surface area contributed by atoms with Crippen LogP contribution in [0.1, 0.15) is 22.2 Å². The highest BCUT2D eigenvalue weighted by molar-refractivity contribution is 8.18. The molecule has 0 unspecified atom stereocenters. The number of thioether (sulfide) groups is 1. The Morgan fingerprint density at radius 1 is 1.42 bits per heavy atom. The average Bonchev–Trinajstić information content (AvgIpc) is 3.21. The highest BCUT2D eigenvalue weighted by Crippen LogP contribution is 2.39. The number of carbonyl (C=O) groups is 2. The minimum absolute atomic E-state index is 0.134. The quantitative estimate of drug-likeness (QED) is 0.457. The van der Waals surface area contributed by atoms with Crippen molar-refractivity contribution in [2.45, 2.75) is 6.92 Å². The Kier molecular flexibility index (Phi) is 5.65. The van der Waals surface area contributed by atoms with Crippen LogP contribution in [0.4, 0.5) is 0 Å². The number of amidine groups is 1. The Labute approximate surface area is 162 Å². The van der Waals surface area contributed by atoms with Gasteiger partial charge in [0.1, 0.15) is 4.88 Å². The van der Waals surface area contributed by atoms with Gasteiger partial charge in [0.25, 0.3) is 5.91 Å². The lowest BCUT2D eigenvalue weighted by molar-refractivity contribution is -0.113. The molecule has 9 heteroatoms. The number of nitrogens with zero attached hydrogens (tertiary/aromatic N) is 1. The van der Waals surface area contributed by atoms with E-state index in [1.165, 1.54) is 11.3 Å². The van der Waals surface area contributed by atoms with Gasteiger partial charge >= 0.3 is 5.97 Å². The zero-order valence-corrected chi connectivity index (χ0v) is 15.9. The maximum absolute atomic E-state index is 12.2. The monoisotopic (exact) mass is 408 g/mol. The minimum atomic E-state index is -0.517. The summed E-state index contributed by atoms with van der Waals surface area (Å²) < 4.78 is 11.0. The van der Waals surface area contributed by atoms with E-state index < -0.39 is 11.9 Å². The molecule has 0 atom stereocenters. The zero-order chi connectivity index (χ0) is 18.7. The van der Waals surface area contributed by atoms with Crippen LogP contribution in [-0.4, -0.2) is 23.7 Å². The van der Waals surface area contributed by atoms with Crippen molar-refractivity contribution in [1.82, 2.24) is 0 Å². The molecular weight excluding hydrogens is 396 g/mol. The molecule has 6 nitrogen and oxygen atoms in total. The van der Waals surface area contributed by atoms with Gasteiger partial charge in [-0.2, -0.15) is 4.99 Å². The second-order valence-corrected chi connectivity index (χ2v) is 7.41. The SMILES string of the molecule is CCOc1cc(C=C2SC(N)=NC2=O)cc(Cl)c1OC(=O)c1cccs1. The minimum Gasteiger partial charge on any atom is -0.490 e. The lowest BCUT2D eigenvalue weighted by atomic mass is 10.2. The van der Waals surface area contributed by atoms with Gasteiger partial charge in [0.15, 0.2) is 16.7 Å². The van der Waals surface area contributed by atoms with Crippen LogP contribution in [0.3, 0.4) is 0 Å². The molecule has 1 aliphatic heterocycles. The number of nitrogens with two attached hydrogens (primary N) is 1. The van der Waals surface area contributed by atoms with Crippen molar-refractivity contribution < 1.29 is 19.1 Å². The number of amides is 1. The van der Waals surface area contributed by atoms with Gasteiger partial charge in [0.2, 0.25) is 0 Å². The molecule has 1 amide bonds. The lowest BCUT2D eigenvalue weighted by Gasteiger charge is -2.13. The highest BCUT2D eigenvalue weighted by Gasteiger charge is 2.21. The number of hydrogen-bond acceptors (Lipinski definition) is 7. The molecule has 2 aromatic rings. The molecule has 0 spiro atoms. The first-order chi connectivity index (χ1) is 12.5. The van der Waals surface area contributed by atoms with Crippen LogP contribution < -0.4 is 15.2 Å². The summed E-state index contributed by atoms with van der Waals surface area (Å²) in [7, 11) is 0. The number of aliphatic imine (C=N–C) groups is 1. The number of halogens is 1. The number of esters is 1. The first kappa shape index (κ1) is 18.5. The van der Waals surface area contributed by atoms with Crippen LogP contribution in [0.5, 0.6) is 11.5 Å². The molecule has 0 radical (unpaired) electrons. The molecule has 2 heterocycles. The molecule has 0 fully saturated rings. The predicted octanol–water partition coefficient (Wildman–Crippen LogP) is 3.95. The Balaban J connectivity index is 1.92. The molecule has 0 aliphatic carbocycles. The van der Waals surface area contributed by atoms with E-state index in [9.17, 15) is 9.59 Å². The fourth-order valence-corrected chi connectivity index (χ4v) is 3.69. The number of thiophene rings is 1. The van der Waals surface area contributed by atoms with Crippen LogP contribution in [-0.2, 0) is 4.79 Å². The molecule has 0 saturated heterocycles. The second-order valence-electron chi connectivity index (χ2n) is 5.00. The molecule has 1 aromatic heterocycles. The van der Waals surface area contributed by atoms with Crippen LogP contribution in [0.15, 0.2) is 39.5 Å². The molecule has 0 bridgehead atoms. The summed E-state index contributed by atoms with van der Waals surface area (Å²) in [5.74, 6) is -0.484. The molecular formula is C17H13ClN2O4S2. The van der Waals surface area contributed by atoms with Gasteiger partial charge in [0.05, 0.1) is 16.5 Å². The summed E-state index contributed by atoms with van der Waals surface area (Å²) >= 11 is 8.64. The van der Waals surface area contributed by atoms with Crippen LogP contribution in [0, 0.1) is 0 Å². The van der Waals surface area contributed by atoms with Crippen LogP contribution in [0.2, 0.25) is 5.02 Å². The smallest absolute Gasteiger partial charge is 0.353 e. The Morgan fingerprint density at radius 3 is 2.85 bits per heavy atom. The summed E-state index contributed by atoms with van der Waals surface area (Å²) in [6, 6.07) is 6.64. The van der Waals surface area contributed by atoms with E-state index in [1.54, 1.807) is 42.6 Å². The average molecular weight is 409 g/mol. The standard InChI is InChI=1S/C17H13ClN2O4S2/c1-2-23-11-7-9(8-13-15(21)20-17(19)26-13)6-10(18)14(11)24-16(22)12-4-3-5-25-12/h3-8H,2H2,1H3,(H2,19,20,21). The zero-order valence-electron chi connectivity index (χ0n) is 13.5. The van der Waals surface area contributed by atoms with E-state index in [-0.39, 0.29) is 15.9 Å². The van der Waals surface area contributed by atoms with E-state index in [0.29, 0.717) is 27.7 Å². The summed E-state index contributed by atoms with van der Waals surface area (Å²) in [4.78, 5) is 28.4. The maximum atomic E-state index is 12.2. The molecule has 26 heavy (non-hydrogen) atoms. The van der Waals surface area contributed by atoms with Gasteiger partial charge in [-0.3, -0.25) is 4.79 Å². The van der Waals surface area contributed by atoms with E-state index in [1.807, 2.05) is 0 Å². The lowest BCUT2D eigenvalue weighted by Crippen LogP contribution is -2.08. The molecule has 0 saturated carbocycles. The van der Waals surface area contributed by atoms with E-state index >= 15 is 0 Å². The van der Waals surface area contributed by atoms with Gasteiger partial charge in [-0.15, -0.1) is 11.3 Å². The van der Waals surface area contributed by atoms with Crippen LogP contribution in [0.25, 0.3) is 6.08 Å². The van der Waals surface area contributed by atoms with Crippen molar-refractivity contribution in [3.63, 3.8) is 0 Å². The number of benzene rings is 1. The third-order valence-electron chi connectivity index (χ3n) is 3.18. The van der Waals surface area contributed by atoms with Crippen LogP contribution >= 0.6 is 34.7 Å². The van der Waals surface area contributed by atoms with Gasteiger partial charge in [0, 0.05) is 0 Å². The van der Waals surface area contributed by atoms with E-state index in [4.69, 9.17) is 26.8 Å². The number of carbonyl (C=O) groups excluding carboxylic acids is 2. The summed E-state index contributed by atoms with van der Waals surface area (Å²) in [6.45, 7) is 2.15. The topological polar surface area (TPSA) is 91.0 Å². The predicted molar refractivity (Wildman–Crippen MR) is 104 cm³/mol. The van der Waals surface area contributed by atoms with E-state index in [2.05, 4.69) is 4.99 Å². The summed E-state index contributed by atoms with van der Waals surface area (Å²) in [6.07, 6.45) is 1.61. The second kappa shape index (κ2) is 7.94. The van der Waals surface area contributed by atoms with Crippen molar-refractivity contribution in [1.29, 1.82) is 0 Å². The molecule has 1 aromatic carbocycles. The van der Waals surface area contributed by atoms with Crippen molar-refractivity contribution >= 4 is 57.8 Å². The van der Waals surface area contributed by atoms with Gasteiger partial charge in [-0.25, -0.2) is 4.79 Å². The Hall–Kier alpha value is -2.29. The van der Waals surface area contributed by atoms with Crippen molar-refractivity contribution in [2.75, 3.05) is 6.61 Å². The maximum Gasteiger partial charge on any atom is 0.353 e. The number of hydrogen-bond donors (Lipinski definition) is 1. The van der Waals surface area contributed by atoms with Gasteiger partial charge in [-0.05, 0) is 53.9 Å². The van der Waals surface area contributed by atoms with Crippen molar-refractivity contribution in [3.05, 3.63) is 50.0 Å². The van der Waals surface area contributed by atoms with Crippen molar-refractivity contribution in [2.24, 2.45) is 10.7 Å². The molecule has 1 aliphatic rings. The Bertz CT molecular complexity index is 923. The van der Waals surface area contributed by atoms with Gasteiger partial charge in [-0.1, -0.05) is 17.7 Å². The highest BCUT2D eigenvalue weighted by atomic mass is 35.5. The third-order valence-corrected chi connectivity index (χ3v) is 5.13. The van der Waals surface area contributed by atoms with Crippen molar-refractivity contribution in [3.8, 4) is 11.5 Å². The Morgan fingerprint density at radius 2 is 2.23 bits per heavy atom. The van der Waals surface area contributed by atoms with Gasteiger partial charge < -0.3 is 15.2 Å². The summed E-state index contributed by atoms with van der Waals surface area (Å²) in [5, 5.41) is 2.16. The fourth-order valence-electron chi connectivity index (χ4n) is 2.15. The molecule has 2 N–H and O–H groups in total. The first-order valence-electron chi connectivity index (χ1n) is 7.48. The first-order valence-corrected chi connectivity index (χ1v) is 9.55. The summed E-state index contributed by atoms with van der Waals surface area (Å²) in [5.41, 5.74) is 6.15.